The summed E-state index contributed by atoms with van der Waals surface area (Å²) in [5.74, 6) is -0.221. The van der Waals surface area contributed by atoms with Crippen LogP contribution in [-0.2, 0) is 0 Å². The van der Waals surface area contributed by atoms with Gasteiger partial charge in [-0.25, -0.2) is 9.37 Å². The molecule has 3 aromatic heterocycles. The van der Waals surface area contributed by atoms with Gasteiger partial charge in [0.25, 0.3) is 0 Å². The van der Waals surface area contributed by atoms with Gasteiger partial charge < -0.3 is 0 Å². The maximum atomic E-state index is 13.3. The Labute approximate surface area is 211 Å². The minimum Gasteiger partial charge on any atom is -0.256 e. The smallest absolute Gasteiger partial charge is 0.124 e. The third kappa shape index (κ3) is 3.63. The van der Waals surface area contributed by atoms with Crippen molar-refractivity contribution in [3.8, 4) is 33.5 Å². The van der Waals surface area contributed by atoms with Crippen LogP contribution < -0.4 is 0 Å². The molecular weight excluding hydrogens is 463 g/mol. The standard InChI is InChI=1S/C32H19FN2S/c33-27-11-7-20(8-12-27)21-3-4-23-17-24(6-5-22(23)16-21)26-9-13-30(35-19-26)25-10-14-31-29(18-25)28-2-1-15-34-32(28)36-31/h1-19H. The van der Waals surface area contributed by atoms with E-state index in [0.717, 1.165) is 49.1 Å². The number of fused-ring (bicyclic) bond motifs is 4. The first-order chi connectivity index (χ1) is 17.7. The van der Waals surface area contributed by atoms with Crippen LogP contribution in [0.3, 0.4) is 0 Å². The van der Waals surface area contributed by atoms with E-state index in [1.54, 1.807) is 11.3 Å². The number of nitrogens with zero attached hydrogens (tertiary/aromatic N) is 2. The minimum atomic E-state index is -0.221. The van der Waals surface area contributed by atoms with Gasteiger partial charge in [-0.3, -0.25) is 4.98 Å². The third-order valence-corrected chi connectivity index (χ3v) is 7.75. The van der Waals surface area contributed by atoms with Gasteiger partial charge >= 0.3 is 0 Å². The Hall–Kier alpha value is -4.41. The number of pyridine rings is 2. The van der Waals surface area contributed by atoms with Crippen LogP contribution in [0.15, 0.2) is 116 Å². The first kappa shape index (κ1) is 20.9. The molecule has 0 fully saturated rings. The summed E-state index contributed by atoms with van der Waals surface area (Å²) in [7, 11) is 0. The molecule has 2 nitrogen and oxygen atoms in total. The zero-order valence-electron chi connectivity index (χ0n) is 19.2. The molecule has 0 N–H and O–H groups in total. The zero-order chi connectivity index (χ0) is 24.1. The van der Waals surface area contributed by atoms with Crippen molar-refractivity contribution in [3.05, 3.63) is 121 Å². The lowest BCUT2D eigenvalue weighted by Gasteiger charge is -2.08. The molecule has 170 valence electrons. The van der Waals surface area contributed by atoms with Crippen molar-refractivity contribution in [2.24, 2.45) is 0 Å². The lowest BCUT2D eigenvalue weighted by atomic mass is 9.98. The fourth-order valence-corrected chi connectivity index (χ4v) is 5.78. The lowest BCUT2D eigenvalue weighted by Crippen LogP contribution is -1.86. The Balaban J connectivity index is 1.20. The molecule has 4 heteroatoms. The van der Waals surface area contributed by atoms with Gasteiger partial charge in [0.1, 0.15) is 10.6 Å². The quantitative estimate of drug-likeness (QED) is 0.251. The summed E-state index contributed by atoms with van der Waals surface area (Å²) in [5, 5.41) is 4.72. The van der Waals surface area contributed by atoms with Gasteiger partial charge in [-0.2, -0.15) is 0 Å². The predicted octanol–water partition coefficient (Wildman–Crippen LogP) is 9.14. The van der Waals surface area contributed by atoms with Gasteiger partial charge in [0, 0.05) is 39.0 Å². The summed E-state index contributed by atoms with van der Waals surface area (Å²) in [6.45, 7) is 0. The van der Waals surface area contributed by atoms with Gasteiger partial charge in [0.15, 0.2) is 0 Å². The van der Waals surface area contributed by atoms with Crippen molar-refractivity contribution in [3.63, 3.8) is 0 Å². The average molecular weight is 483 g/mol. The summed E-state index contributed by atoms with van der Waals surface area (Å²) in [6.07, 6.45) is 3.79. The van der Waals surface area contributed by atoms with E-state index in [0.29, 0.717) is 0 Å². The molecule has 3 heterocycles. The molecule has 0 atom stereocenters. The van der Waals surface area contributed by atoms with Crippen LogP contribution in [0, 0.1) is 5.82 Å². The van der Waals surface area contributed by atoms with Crippen LogP contribution in [0.4, 0.5) is 4.39 Å². The van der Waals surface area contributed by atoms with Crippen LogP contribution in [0.5, 0.6) is 0 Å². The zero-order valence-corrected chi connectivity index (χ0v) is 20.0. The van der Waals surface area contributed by atoms with Crippen molar-refractivity contribution < 1.29 is 4.39 Å². The van der Waals surface area contributed by atoms with Crippen LogP contribution in [-0.4, -0.2) is 9.97 Å². The third-order valence-electron chi connectivity index (χ3n) is 6.66. The van der Waals surface area contributed by atoms with Crippen molar-refractivity contribution in [2.75, 3.05) is 0 Å². The predicted molar refractivity (Wildman–Crippen MR) is 149 cm³/mol. The molecule has 4 aromatic carbocycles. The van der Waals surface area contributed by atoms with E-state index in [1.807, 2.05) is 30.6 Å². The van der Waals surface area contributed by atoms with Crippen LogP contribution in [0.1, 0.15) is 0 Å². The normalized spacial score (nSPS) is 11.5. The topological polar surface area (TPSA) is 25.8 Å². The van der Waals surface area contributed by atoms with E-state index >= 15 is 0 Å². The molecule has 0 saturated carbocycles. The van der Waals surface area contributed by atoms with Crippen LogP contribution >= 0.6 is 11.3 Å². The molecule has 7 rings (SSSR count). The molecule has 0 spiro atoms. The fraction of sp³-hybridized carbons (Fsp3) is 0. The molecule has 0 radical (unpaired) electrons. The second-order valence-electron chi connectivity index (χ2n) is 8.88. The van der Waals surface area contributed by atoms with Crippen molar-refractivity contribution in [1.29, 1.82) is 0 Å². The monoisotopic (exact) mass is 482 g/mol. The highest BCUT2D eigenvalue weighted by Gasteiger charge is 2.09. The largest absolute Gasteiger partial charge is 0.256 e. The van der Waals surface area contributed by atoms with Crippen LogP contribution in [0.2, 0.25) is 0 Å². The Kier molecular flexibility index (Phi) is 4.86. The van der Waals surface area contributed by atoms with Crippen molar-refractivity contribution >= 4 is 42.4 Å². The van der Waals surface area contributed by atoms with E-state index in [2.05, 4.69) is 77.8 Å². The molecule has 7 aromatic rings. The number of rotatable bonds is 3. The SMILES string of the molecule is Fc1ccc(-c2ccc3cc(-c4ccc(-c5ccc6sc7ncccc7c6c5)nc4)ccc3c2)cc1. The van der Waals surface area contributed by atoms with E-state index in [1.165, 1.54) is 27.6 Å². The highest BCUT2D eigenvalue weighted by Crippen LogP contribution is 2.35. The Bertz CT molecular complexity index is 1890. The number of thiophene rings is 1. The molecule has 0 bridgehead atoms. The van der Waals surface area contributed by atoms with E-state index in [9.17, 15) is 4.39 Å². The molecular formula is C32H19FN2S. The molecule has 0 unspecified atom stereocenters. The summed E-state index contributed by atoms with van der Waals surface area (Å²) in [6, 6.07) is 34.3. The van der Waals surface area contributed by atoms with Crippen molar-refractivity contribution in [1.82, 2.24) is 9.97 Å². The molecule has 0 aliphatic carbocycles. The maximum absolute atomic E-state index is 13.3. The number of benzene rings is 4. The van der Waals surface area contributed by atoms with Crippen LogP contribution in [0.25, 0.3) is 64.6 Å². The molecule has 36 heavy (non-hydrogen) atoms. The van der Waals surface area contributed by atoms with E-state index < -0.39 is 0 Å². The Morgan fingerprint density at radius 3 is 2.00 bits per heavy atom. The fourth-order valence-electron chi connectivity index (χ4n) is 4.75. The highest BCUT2D eigenvalue weighted by molar-refractivity contribution is 7.25. The van der Waals surface area contributed by atoms with Gasteiger partial charge in [-0.05, 0) is 82.1 Å². The van der Waals surface area contributed by atoms with Gasteiger partial charge in [-0.15, -0.1) is 11.3 Å². The van der Waals surface area contributed by atoms with Gasteiger partial charge in [-0.1, -0.05) is 48.5 Å². The Morgan fingerprint density at radius 2 is 1.25 bits per heavy atom. The van der Waals surface area contributed by atoms with Gasteiger partial charge in [0.2, 0.25) is 0 Å². The summed E-state index contributed by atoms with van der Waals surface area (Å²) in [4.78, 5) is 10.4. The first-order valence-electron chi connectivity index (χ1n) is 11.8. The molecule has 0 amide bonds. The maximum Gasteiger partial charge on any atom is 0.124 e. The number of hydrogen-bond donors (Lipinski definition) is 0. The summed E-state index contributed by atoms with van der Waals surface area (Å²) in [5.41, 5.74) is 6.34. The Morgan fingerprint density at radius 1 is 0.556 bits per heavy atom. The second kappa shape index (κ2) is 8.36. The number of aromatic nitrogens is 2. The second-order valence-corrected chi connectivity index (χ2v) is 9.92. The highest BCUT2D eigenvalue weighted by atomic mass is 32.1. The van der Waals surface area contributed by atoms with Crippen molar-refractivity contribution in [2.45, 2.75) is 0 Å². The summed E-state index contributed by atoms with van der Waals surface area (Å²) < 4.78 is 14.5. The minimum absolute atomic E-state index is 0.221. The summed E-state index contributed by atoms with van der Waals surface area (Å²) >= 11 is 1.72. The first-order valence-corrected chi connectivity index (χ1v) is 12.6. The number of hydrogen-bond acceptors (Lipinski definition) is 3. The van der Waals surface area contributed by atoms with E-state index in [-0.39, 0.29) is 5.82 Å². The molecule has 0 saturated heterocycles. The average Bonchev–Trinajstić information content (AvgIpc) is 3.31. The molecule has 0 aliphatic rings. The lowest BCUT2D eigenvalue weighted by molar-refractivity contribution is 0.628. The van der Waals surface area contributed by atoms with Gasteiger partial charge in [0.05, 0.1) is 5.69 Å². The van der Waals surface area contributed by atoms with E-state index in [4.69, 9.17) is 4.98 Å². The number of halogens is 1. The molecule has 0 aliphatic heterocycles.